The predicted molar refractivity (Wildman–Crippen MR) is 124 cm³/mol. The maximum Gasteiger partial charge on any atom is 0.268 e. The van der Waals surface area contributed by atoms with Gasteiger partial charge in [0.25, 0.3) is 10.0 Å². The van der Waals surface area contributed by atoms with Crippen molar-refractivity contribution in [3.05, 3.63) is 40.7 Å². The Morgan fingerprint density at radius 3 is 2.15 bits per heavy atom. The molecule has 2 fully saturated rings. The Hall–Kier alpha value is -2.43. The van der Waals surface area contributed by atoms with Gasteiger partial charge >= 0.3 is 0 Å². The molecule has 180 valence electrons. The molecule has 0 aliphatic carbocycles. The van der Waals surface area contributed by atoms with Crippen LogP contribution in [0, 0.1) is 27.7 Å². The van der Waals surface area contributed by atoms with E-state index in [1.807, 2.05) is 19.9 Å². The number of likely N-dealkylation sites (tertiary alicyclic amines) is 1. The fourth-order valence-corrected chi connectivity index (χ4v) is 6.56. The molecular formula is C23H32N4O5S. The first kappa shape index (κ1) is 23.7. The third-order valence-corrected chi connectivity index (χ3v) is 8.48. The molecule has 2 saturated heterocycles. The molecule has 10 heteroatoms. The highest BCUT2D eigenvalue weighted by molar-refractivity contribution is 7.93. The predicted octanol–water partition coefficient (Wildman–Crippen LogP) is 2.21. The van der Waals surface area contributed by atoms with Crippen molar-refractivity contribution in [3.8, 4) is 0 Å². The number of aryl methyl sites for hydroxylation is 4. The van der Waals surface area contributed by atoms with Gasteiger partial charge < -0.3 is 14.4 Å². The van der Waals surface area contributed by atoms with Gasteiger partial charge in [0.1, 0.15) is 11.4 Å². The largest absolute Gasteiger partial charge is 0.347 e. The molecule has 3 heterocycles. The summed E-state index contributed by atoms with van der Waals surface area (Å²) >= 11 is 0. The van der Waals surface area contributed by atoms with Gasteiger partial charge in [-0.2, -0.15) is 5.10 Å². The molecule has 9 nitrogen and oxygen atoms in total. The Morgan fingerprint density at radius 1 is 1.06 bits per heavy atom. The van der Waals surface area contributed by atoms with Crippen LogP contribution in [-0.2, 0) is 31.3 Å². The first-order chi connectivity index (χ1) is 15.5. The maximum atomic E-state index is 13.9. The van der Waals surface area contributed by atoms with Crippen LogP contribution < -0.4 is 4.31 Å². The topological polar surface area (TPSA) is 94.0 Å². The number of hydrogen-bond donors (Lipinski definition) is 0. The molecule has 1 aromatic heterocycles. The van der Waals surface area contributed by atoms with E-state index >= 15 is 0 Å². The summed E-state index contributed by atoms with van der Waals surface area (Å²) in [5.74, 6) is -0.843. The van der Waals surface area contributed by atoms with Crippen LogP contribution >= 0.6 is 0 Å². The van der Waals surface area contributed by atoms with Crippen molar-refractivity contribution in [1.82, 2.24) is 14.7 Å². The number of aromatic nitrogens is 2. The lowest BCUT2D eigenvalue weighted by molar-refractivity contribution is -0.187. The van der Waals surface area contributed by atoms with E-state index in [-0.39, 0.29) is 17.3 Å². The summed E-state index contributed by atoms with van der Waals surface area (Å²) in [7, 11) is -2.32. The second-order valence-electron chi connectivity index (χ2n) is 8.97. The Balaban J connectivity index is 1.66. The van der Waals surface area contributed by atoms with Crippen LogP contribution in [-0.4, -0.2) is 67.6 Å². The van der Waals surface area contributed by atoms with Crippen molar-refractivity contribution < 1.29 is 22.7 Å². The van der Waals surface area contributed by atoms with Gasteiger partial charge in [0, 0.05) is 33.0 Å². The van der Waals surface area contributed by atoms with Crippen molar-refractivity contribution in [2.24, 2.45) is 7.05 Å². The van der Waals surface area contributed by atoms with Crippen LogP contribution in [0.5, 0.6) is 0 Å². The van der Waals surface area contributed by atoms with E-state index in [1.165, 1.54) is 4.31 Å². The van der Waals surface area contributed by atoms with Crippen molar-refractivity contribution in [2.75, 3.05) is 37.2 Å². The molecule has 4 rings (SSSR count). The van der Waals surface area contributed by atoms with Gasteiger partial charge in [-0.15, -0.1) is 0 Å². The van der Waals surface area contributed by atoms with Gasteiger partial charge in [0.05, 0.1) is 30.3 Å². The Morgan fingerprint density at radius 2 is 1.64 bits per heavy atom. The van der Waals surface area contributed by atoms with Crippen LogP contribution in [0.4, 0.5) is 5.69 Å². The van der Waals surface area contributed by atoms with Crippen molar-refractivity contribution in [1.29, 1.82) is 0 Å². The minimum Gasteiger partial charge on any atom is -0.347 e. The number of anilines is 1. The van der Waals surface area contributed by atoms with Crippen molar-refractivity contribution >= 4 is 21.6 Å². The van der Waals surface area contributed by atoms with Gasteiger partial charge in [0.15, 0.2) is 5.79 Å². The number of carbonyl (C=O) groups is 1. The fraction of sp³-hybridized carbons (Fsp3) is 0.565. The number of sulfonamides is 1. The summed E-state index contributed by atoms with van der Waals surface area (Å²) in [6.45, 7) is 8.99. The van der Waals surface area contributed by atoms with Crippen LogP contribution in [0.25, 0.3) is 0 Å². The van der Waals surface area contributed by atoms with E-state index in [0.29, 0.717) is 56.2 Å². The second kappa shape index (κ2) is 8.73. The molecule has 0 saturated carbocycles. The Labute approximate surface area is 195 Å². The molecule has 2 aliphatic rings. The third-order valence-electron chi connectivity index (χ3n) is 6.46. The average molecular weight is 477 g/mol. The molecular weight excluding hydrogens is 444 g/mol. The van der Waals surface area contributed by atoms with Crippen LogP contribution in [0.2, 0.25) is 0 Å². The number of amides is 1. The van der Waals surface area contributed by atoms with Crippen LogP contribution in [0.15, 0.2) is 23.1 Å². The lowest BCUT2D eigenvalue weighted by Gasteiger charge is -2.38. The number of ether oxygens (including phenoxy) is 2. The van der Waals surface area contributed by atoms with E-state index in [1.54, 1.807) is 42.6 Å². The number of hydrogen-bond acceptors (Lipinski definition) is 6. The number of nitrogens with zero attached hydrogens (tertiary/aromatic N) is 4. The van der Waals surface area contributed by atoms with E-state index in [4.69, 9.17) is 9.47 Å². The highest BCUT2D eigenvalue weighted by atomic mass is 32.2. The van der Waals surface area contributed by atoms with Gasteiger partial charge in [-0.1, -0.05) is 6.07 Å². The van der Waals surface area contributed by atoms with Gasteiger partial charge in [-0.3, -0.25) is 13.8 Å². The Bertz CT molecular complexity index is 1140. The molecule has 0 N–H and O–H groups in total. The summed E-state index contributed by atoms with van der Waals surface area (Å²) in [6.07, 6.45) is 1.16. The van der Waals surface area contributed by atoms with E-state index in [9.17, 15) is 13.2 Å². The molecule has 1 aromatic carbocycles. The van der Waals surface area contributed by atoms with Gasteiger partial charge in [-0.25, -0.2) is 8.42 Å². The maximum absolute atomic E-state index is 13.9. The second-order valence-corrected chi connectivity index (χ2v) is 10.8. The number of carbonyl (C=O) groups excluding carboxylic acids is 1. The summed E-state index contributed by atoms with van der Waals surface area (Å²) in [5.41, 5.74) is 3.26. The quantitative estimate of drug-likeness (QED) is 0.657. The summed E-state index contributed by atoms with van der Waals surface area (Å²) in [6, 6.07) is 5.57. The lowest BCUT2D eigenvalue weighted by atomic mass is 10.0. The van der Waals surface area contributed by atoms with Gasteiger partial charge in [-0.05, 0) is 51.0 Å². The minimum absolute atomic E-state index is 0.141. The van der Waals surface area contributed by atoms with Crippen molar-refractivity contribution in [3.63, 3.8) is 0 Å². The highest BCUT2D eigenvalue weighted by Crippen LogP contribution is 2.32. The van der Waals surface area contributed by atoms with Gasteiger partial charge in [0.2, 0.25) is 5.91 Å². The summed E-state index contributed by atoms with van der Waals surface area (Å²) in [5, 5.41) is 4.29. The number of piperidine rings is 1. The van der Waals surface area contributed by atoms with Crippen LogP contribution in [0.3, 0.4) is 0 Å². The Kier molecular flexibility index (Phi) is 6.28. The highest BCUT2D eigenvalue weighted by Gasteiger charge is 2.41. The smallest absolute Gasteiger partial charge is 0.268 e. The van der Waals surface area contributed by atoms with E-state index in [0.717, 1.165) is 11.1 Å². The third kappa shape index (κ3) is 4.51. The molecule has 2 aromatic rings. The number of benzene rings is 1. The SMILES string of the molecule is Cc1cc(C)cc(N(CC(=O)N2CCC3(CC2)OCCO3)S(=O)(=O)c2c(C)nn(C)c2C)c1. The zero-order chi connectivity index (χ0) is 24.0. The van der Waals surface area contributed by atoms with E-state index < -0.39 is 15.8 Å². The molecule has 0 unspecified atom stereocenters. The van der Waals surface area contributed by atoms with Crippen molar-refractivity contribution in [2.45, 2.75) is 51.2 Å². The monoisotopic (exact) mass is 476 g/mol. The molecule has 1 spiro atoms. The first-order valence-electron chi connectivity index (χ1n) is 11.2. The molecule has 0 atom stereocenters. The summed E-state index contributed by atoms with van der Waals surface area (Å²) in [4.78, 5) is 15.2. The molecule has 2 aliphatic heterocycles. The van der Waals surface area contributed by atoms with Crippen LogP contribution in [0.1, 0.15) is 35.4 Å². The molecule has 33 heavy (non-hydrogen) atoms. The normalized spacial score (nSPS) is 18.2. The fourth-order valence-electron chi connectivity index (χ4n) is 4.75. The number of rotatable bonds is 5. The molecule has 0 bridgehead atoms. The average Bonchev–Trinajstić information content (AvgIpc) is 3.29. The standard InChI is InChI=1S/C23H32N4O5S/c1-16-12-17(2)14-20(13-16)27(33(29,30)22-18(3)24-25(5)19(22)4)15-21(28)26-8-6-23(7-9-26)31-10-11-32-23/h12-14H,6-11,15H2,1-5H3. The zero-order valence-electron chi connectivity index (χ0n) is 19.9. The zero-order valence-corrected chi connectivity index (χ0v) is 20.7. The lowest BCUT2D eigenvalue weighted by Crippen LogP contribution is -2.50. The molecule has 1 amide bonds. The summed E-state index contributed by atoms with van der Waals surface area (Å²) < 4.78 is 42.1. The molecule has 0 radical (unpaired) electrons. The minimum atomic E-state index is -4.03. The first-order valence-corrected chi connectivity index (χ1v) is 12.6. The van der Waals surface area contributed by atoms with E-state index in [2.05, 4.69) is 5.10 Å².